The van der Waals surface area contributed by atoms with E-state index in [1.54, 1.807) is 31.3 Å². The second-order valence-corrected chi connectivity index (χ2v) is 2.27. The SMILES string of the molecule is CNC(=O)c1cccc(C#N)c1. The van der Waals surface area contributed by atoms with Crippen molar-refractivity contribution in [2.45, 2.75) is 0 Å². The van der Waals surface area contributed by atoms with Crippen LogP contribution in [0.2, 0.25) is 0 Å². The van der Waals surface area contributed by atoms with Gasteiger partial charge >= 0.3 is 0 Å². The fourth-order valence-corrected chi connectivity index (χ4v) is 0.874. The number of nitrogens with one attached hydrogen (secondary N) is 1. The molecule has 1 aromatic carbocycles. The van der Waals surface area contributed by atoms with E-state index in [0.717, 1.165) is 0 Å². The van der Waals surface area contributed by atoms with Crippen LogP contribution in [0.15, 0.2) is 24.3 Å². The lowest BCUT2D eigenvalue weighted by Crippen LogP contribution is -2.17. The van der Waals surface area contributed by atoms with E-state index in [2.05, 4.69) is 5.32 Å². The van der Waals surface area contributed by atoms with Crippen molar-refractivity contribution in [1.29, 1.82) is 5.26 Å². The summed E-state index contributed by atoms with van der Waals surface area (Å²) in [6, 6.07) is 8.53. The van der Waals surface area contributed by atoms with Crippen molar-refractivity contribution in [3.8, 4) is 6.07 Å². The molecule has 0 aromatic heterocycles. The third-order valence-electron chi connectivity index (χ3n) is 1.48. The van der Waals surface area contributed by atoms with Crippen molar-refractivity contribution >= 4 is 5.91 Å². The highest BCUT2D eigenvalue weighted by Crippen LogP contribution is 2.03. The van der Waals surface area contributed by atoms with Crippen molar-refractivity contribution in [2.24, 2.45) is 0 Å². The molecule has 0 aliphatic carbocycles. The minimum absolute atomic E-state index is 0.174. The Morgan fingerprint density at radius 1 is 1.58 bits per heavy atom. The summed E-state index contributed by atoms with van der Waals surface area (Å²) >= 11 is 0. The molecule has 1 N–H and O–H groups in total. The first kappa shape index (κ1) is 8.28. The molecule has 1 aromatic rings. The second-order valence-electron chi connectivity index (χ2n) is 2.27. The molecule has 12 heavy (non-hydrogen) atoms. The van der Waals surface area contributed by atoms with Gasteiger partial charge in [0.05, 0.1) is 11.6 Å². The summed E-state index contributed by atoms with van der Waals surface area (Å²) in [7, 11) is 1.56. The number of hydrogen-bond donors (Lipinski definition) is 1. The van der Waals surface area contributed by atoms with Gasteiger partial charge in [-0.25, -0.2) is 0 Å². The summed E-state index contributed by atoms with van der Waals surface area (Å²) in [6.07, 6.45) is 0. The van der Waals surface area contributed by atoms with Crippen LogP contribution in [0.4, 0.5) is 0 Å². The molecule has 0 fully saturated rings. The molecule has 3 heteroatoms. The van der Waals surface area contributed by atoms with Crippen LogP contribution >= 0.6 is 0 Å². The van der Waals surface area contributed by atoms with Crippen LogP contribution in [-0.2, 0) is 0 Å². The summed E-state index contributed by atoms with van der Waals surface area (Å²) < 4.78 is 0. The van der Waals surface area contributed by atoms with Crippen molar-refractivity contribution < 1.29 is 4.79 Å². The van der Waals surface area contributed by atoms with E-state index in [0.29, 0.717) is 11.1 Å². The van der Waals surface area contributed by atoms with Crippen LogP contribution in [0.3, 0.4) is 0 Å². The minimum atomic E-state index is -0.174. The van der Waals surface area contributed by atoms with Gasteiger partial charge in [-0.15, -0.1) is 0 Å². The zero-order valence-electron chi connectivity index (χ0n) is 6.66. The van der Waals surface area contributed by atoms with Crippen molar-refractivity contribution in [3.05, 3.63) is 35.4 Å². The Morgan fingerprint density at radius 3 is 2.92 bits per heavy atom. The van der Waals surface area contributed by atoms with Crippen molar-refractivity contribution in [1.82, 2.24) is 5.32 Å². The number of carbonyl (C=O) groups is 1. The normalized spacial score (nSPS) is 8.67. The summed E-state index contributed by atoms with van der Waals surface area (Å²) in [5, 5.41) is 11.0. The maximum absolute atomic E-state index is 11.1. The maximum Gasteiger partial charge on any atom is 0.251 e. The summed E-state index contributed by atoms with van der Waals surface area (Å²) in [6.45, 7) is 0. The Hall–Kier alpha value is -1.82. The first-order chi connectivity index (χ1) is 5.77. The van der Waals surface area contributed by atoms with Gasteiger partial charge in [-0.2, -0.15) is 5.26 Å². The summed E-state index contributed by atoms with van der Waals surface area (Å²) in [5.41, 5.74) is 1.01. The van der Waals surface area contributed by atoms with Crippen LogP contribution in [0.1, 0.15) is 15.9 Å². The lowest BCUT2D eigenvalue weighted by Gasteiger charge is -1.98. The van der Waals surface area contributed by atoms with E-state index in [4.69, 9.17) is 5.26 Å². The number of rotatable bonds is 1. The first-order valence-corrected chi connectivity index (χ1v) is 3.50. The maximum atomic E-state index is 11.1. The van der Waals surface area contributed by atoms with Gasteiger partial charge in [0.1, 0.15) is 0 Å². The van der Waals surface area contributed by atoms with Crippen LogP contribution < -0.4 is 5.32 Å². The zero-order chi connectivity index (χ0) is 8.97. The van der Waals surface area contributed by atoms with E-state index < -0.39 is 0 Å². The van der Waals surface area contributed by atoms with E-state index in [1.807, 2.05) is 6.07 Å². The molecule has 3 nitrogen and oxygen atoms in total. The third-order valence-corrected chi connectivity index (χ3v) is 1.48. The van der Waals surface area contributed by atoms with Gasteiger partial charge in [0.25, 0.3) is 5.91 Å². The number of amides is 1. The second kappa shape index (κ2) is 3.54. The molecule has 0 saturated heterocycles. The number of hydrogen-bond acceptors (Lipinski definition) is 2. The summed E-state index contributed by atoms with van der Waals surface area (Å²) in [5.74, 6) is -0.174. The molecule has 60 valence electrons. The molecule has 0 bridgehead atoms. The summed E-state index contributed by atoms with van der Waals surface area (Å²) in [4.78, 5) is 11.1. The van der Waals surface area contributed by atoms with Crippen molar-refractivity contribution in [2.75, 3.05) is 7.05 Å². The van der Waals surface area contributed by atoms with E-state index in [-0.39, 0.29) is 5.91 Å². The molecular formula is C9H8N2O. The number of carbonyl (C=O) groups excluding carboxylic acids is 1. The van der Waals surface area contributed by atoms with Gasteiger partial charge < -0.3 is 5.32 Å². The van der Waals surface area contributed by atoms with Gasteiger partial charge in [0.2, 0.25) is 0 Å². The predicted molar refractivity (Wildman–Crippen MR) is 44.5 cm³/mol. The highest BCUT2D eigenvalue weighted by molar-refractivity contribution is 5.94. The molecule has 0 radical (unpaired) electrons. The Labute approximate surface area is 70.6 Å². The van der Waals surface area contributed by atoms with E-state index in [1.165, 1.54) is 0 Å². The van der Waals surface area contributed by atoms with Gasteiger partial charge in [0, 0.05) is 12.6 Å². The van der Waals surface area contributed by atoms with Gasteiger partial charge in [-0.1, -0.05) is 6.07 Å². The Morgan fingerprint density at radius 2 is 2.33 bits per heavy atom. The average molecular weight is 160 g/mol. The predicted octanol–water partition coefficient (Wildman–Crippen LogP) is 0.918. The largest absolute Gasteiger partial charge is 0.355 e. The third kappa shape index (κ3) is 1.61. The lowest BCUT2D eigenvalue weighted by atomic mass is 10.1. The van der Waals surface area contributed by atoms with Crippen LogP contribution in [0.25, 0.3) is 0 Å². The van der Waals surface area contributed by atoms with Gasteiger partial charge in [-0.3, -0.25) is 4.79 Å². The standard InChI is InChI=1S/C9H8N2O/c1-11-9(12)8-4-2-3-7(5-8)6-10/h2-5H,1H3,(H,11,12). The average Bonchev–Trinajstić information content (AvgIpc) is 2.17. The molecular weight excluding hydrogens is 152 g/mol. The molecule has 0 aliphatic rings. The molecule has 0 spiro atoms. The van der Waals surface area contributed by atoms with Gasteiger partial charge in [0.15, 0.2) is 0 Å². The minimum Gasteiger partial charge on any atom is -0.355 e. The zero-order valence-corrected chi connectivity index (χ0v) is 6.66. The van der Waals surface area contributed by atoms with Crippen LogP contribution in [-0.4, -0.2) is 13.0 Å². The van der Waals surface area contributed by atoms with E-state index in [9.17, 15) is 4.79 Å². The van der Waals surface area contributed by atoms with E-state index >= 15 is 0 Å². The Kier molecular flexibility index (Phi) is 2.44. The fourth-order valence-electron chi connectivity index (χ4n) is 0.874. The van der Waals surface area contributed by atoms with Crippen LogP contribution in [0, 0.1) is 11.3 Å². The first-order valence-electron chi connectivity index (χ1n) is 3.50. The fraction of sp³-hybridized carbons (Fsp3) is 0.111. The quantitative estimate of drug-likeness (QED) is 0.664. The molecule has 1 rings (SSSR count). The molecule has 0 atom stereocenters. The number of benzene rings is 1. The number of nitriles is 1. The highest BCUT2D eigenvalue weighted by atomic mass is 16.1. The topological polar surface area (TPSA) is 52.9 Å². The molecule has 0 aliphatic heterocycles. The van der Waals surface area contributed by atoms with Crippen LogP contribution in [0.5, 0.6) is 0 Å². The molecule has 0 unspecified atom stereocenters. The number of nitrogens with zero attached hydrogens (tertiary/aromatic N) is 1. The van der Waals surface area contributed by atoms with Gasteiger partial charge in [-0.05, 0) is 18.2 Å². The molecule has 0 heterocycles. The monoisotopic (exact) mass is 160 g/mol. The van der Waals surface area contributed by atoms with Crippen molar-refractivity contribution in [3.63, 3.8) is 0 Å². The Balaban J connectivity index is 3.04. The highest BCUT2D eigenvalue weighted by Gasteiger charge is 2.01. The lowest BCUT2D eigenvalue weighted by molar-refractivity contribution is 0.0963. The molecule has 1 amide bonds. The smallest absolute Gasteiger partial charge is 0.251 e. The molecule has 0 saturated carbocycles. The Bertz CT molecular complexity index is 339.